The van der Waals surface area contributed by atoms with Gasteiger partial charge < -0.3 is 0 Å². The smallest absolute Gasteiger partial charge is 0.161 e. The van der Waals surface area contributed by atoms with Gasteiger partial charge in [0.05, 0.1) is 0 Å². The van der Waals surface area contributed by atoms with Crippen molar-refractivity contribution in [3.8, 4) is 0 Å². The molecule has 0 N–H and O–H groups in total. The first-order valence-corrected chi connectivity index (χ1v) is 6.42. The number of carbonyl (C=O) groups excluding carboxylic acids is 1. The first kappa shape index (κ1) is 12.5. The molecule has 1 fully saturated rings. The standard InChI is InChI=1S/C14H24O/c1-4-11-7-9-13(10-8-11)14(15)12(5-2)6-3/h5,11,13H,4,6-10H2,1-3H3. The van der Waals surface area contributed by atoms with Gasteiger partial charge in [-0.3, -0.25) is 4.79 Å². The molecule has 0 atom stereocenters. The minimum atomic E-state index is 0.332. The lowest BCUT2D eigenvalue weighted by molar-refractivity contribution is -0.120. The zero-order valence-corrected chi connectivity index (χ0v) is 10.4. The molecule has 1 heteroatoms. The summed E-state index contributed by atoms with van der Waals surface area (Å²) in [5, 5.41) is 0. The number of rotatable bonds is 4. The Kier molecular flexibility index (Phi) is 5.07. The maximum atomic E-state index is 12.1. The zero-order valence-electron chi connectivity index (χ0n) is 10.4. The first-order valence-electron chi connectivity index (χ1n) is 6.42. The van der Waals surface area contributed by atoms with Gasteiger partial charge in [-0.25, -0.2) is 0 Å². The Bertz CT molecular complexity index is 232. The molecular formula is C14H24O. The van der Waals surface area contributed by atoms with Gasteiger partial charge in [0.15, 0.2) is 5.78 Å². The van der Waals surface area contributed by atoms with Gasteiger partial charge >= 0.3 is 0 Å². The Morgan fingerprint density at radius 2 is 1.80 bits per heavy atom. The summed E-state index contributed by atoms with van der Waals surface area (Å²) in [5.74, 6) is 1.64. The van der Waals surface area contributed by atoms with Gasteiger partial charge in [0.2, 0.25) is 0 Å². The lowest BCUT2D eigenvalue weighted by Gasteiger charge is -2.27. The minimum Gasteiger partial charge on any atom is -0.294 e. The highest BCUT2D eigenvalue weighted by molar-refractivity contribution is 5.97. The van der Waals surface area contributed by atoms with E-state index >= 15 is 0 Å². The predicted molar refractivity (Wildman–Crippen MR) is 64.8 cm³/mol. The molecule has 0 bridgehead atoms. The fourth-order valence-corrected chi connectivity index (χ4v) is 2.62. The van der Waals surface area contributed by atoms with Gasteiger partial charge in [0.1, 0.15) is 0 Å². The number of ketones is 1. The first-order chi connectivity index (χ1) is 7.22. The van der Waals surface area contributed by atoms with Gasteiger partial charge in [-0.15, -0.1) is 0 Å². The summed E-state index contributed by atoms with van der Waals surface area (Å²) < 4.78 is 0. The van der Waals surface area contributed by atoms with Crippen LogP contribution in [0.25, 0.3) is 0 Å². The van der Waals surface area contributed by atoms with Crippen LogP contribution in [0.1, 0.15) is 59.3 Å². The normalized spacial score (nSPS) is 27.8. The van der Waals surface area contributed by atoms with E-state index in [4.69, 9.17) is 0 Å². The van der Waals surface area contributed by atoms with Crippen LogP contribution in [0.2, 0.25) is 0 Å². The van der Waals surface area contributed by atoms with E-state index in [0.717, 1.165) is 30.8 Å². The highest BCUT2D eigenvalue weighted by Crippen LogP contribution is 2.32. The third-order valence-corrected chi connectivity index (χ3v) is 3.84. The van der Waals surface area contributed by atoms with Crippen LogP contribution in [0.3, 0.4) is 0 Å². The molecule has 0 aliphatic heterocycles. The van der Waals surface area contributed by atoms with Crippen molar-refractivity contribution in [1.82, 2.24) is 0 Å². The summed E-state index contributed by atoms with van der Waals surface area (Å²) >= 11 is 0. The topological polar surface area (TPSA) is 17.1 Å². The minimum absolute atomic E-state index is 0.332. The molecule has 0 aromatic heterocycles. The van der Waals surface area contributed by atoms with Crippen LogP contribution in [0.5, 0.6) is 0 Å². The molecule has 0 radical (unpaired) electrons. The number of hydrogen-bond donors (Lipinski definition) is 0. The molecular weight excluding hydrogens is 184 g/mol. The van der Waals surface area contributed by atoms with Crippen molar-refractivity contribution in [2.75, 3.05) is 0 Å². The molecule has 1 aliphatic rings. The lowest BCUT2D eigenvalue weighted by Crippen LogP contribution is -2.22. The number of carbonyl (C=O) groups is 1. The highest BCUT2D eigenvalue weighted by atomic mass is 16.1. The Labute approximate surface area is 93.9 Å². The molecule has 0 amide bonds. The lowest BCUT2D eigenvalue weighted by atomic mass is 9.77. The maximum Gasteiger partial charge on any atom is 0.161 e. The zero-order chi connectivity index (χ0) is 11.3. The average molecular weight is 208 g/mol. The third kappa shape index (κ3) is 3.19. The van der Waals surface area contributed by atoms with E-state index in [2.05, 4.69) is 13.8 Å². The monoisotopic (exact) mass is 208 g/mol. The second-order valence-electron chi connectivity index (χ2n) is 4.66. The molecule has 0 heterocycles. The quantitative estimate of drug-likeness (QED) is 0.635. The second-order valence-corrected chi connectivity index (χ2v) is 4.66. The van der Waals surface area contributed by atoms with Crippen LogP contribution in [0.4, 0.5) is 0 Å². The van der Waals surface area contributed by atoms with Gasteiger partial charge in [-0.1, -0.05) is 26.3 Å². The predicted octanol–water partition coefficient (Wildman–Crippen LogP) is 4.13. The molecule has 0 aromatic rings. The average Bonchev–Trinajstić information content (AvgIpc) is 2.30. The van der Waals surface area contributed by atoms with E-state index in [0.29, 0.717) is 11.7 Å². The van der Waals surface area contributed by atoms with Crippen molar-refractivity contribution in [2.24, 2.45) is 11.8 Å². The van der Waals surface area contributed by atoms with E-state index in [9.17, 15) is 4.79 Å². The molecule has 0 saturated heterocycles. The van der Waals surface area contributed by atoms with Crippen molar-refractivity contribution >= 4 is 5.78 Å². The summed E-state index contributed by atoms with van der Waals surface area (Å²) in [7, 11) is 0. The molecule has 86 valence electrons. The third-order valence-electron chi connectivity index (χ3n) is 3.84. The van der Waals surface area contributed by atoms with Crippen LogP contribution in [0, 0.1) is 11.8 Å². The highest BCUT2D eigenvalue weighted by Gasteiger charge is 2.26. The molecule has 15 heavy (non-hydrogen) atoms. The largest absolute Gasteiger partial charge is 0.294 e. The van der Waals surface area contributed by atoms with Crippen molar-refractivity contribution in [3.63, 3.8) is 0 Å². The van der Waals surface area contributed by atoms with Crippen LogP contribution in [0.15, 0.2) is 11.6 Å². The molecule has 0 aromatic carbocycles. The SMILES string of the molecule is CC=C(CC)C(=O)C1CCC(CC)CC1. The van der Waals surface area contributed by atoms with Crippen LogP contribution >= 0.6 is 0 Å². The molecule has 1 rings (SSSR count). The van der Waals surface area contributed by atoms with Crippen molar-refractivity contribution in [1.29, 1.82) is 0 Å². The summed E-state index contributed by atoms with van der Waals surface area (Å²) in [5.41, 5.74) is 1.04. The van der Waals surface area contributed by atoms with E-state index in [1.54, 1.807) is 0 Å². The Morgan fingerprint density at radius 1 is 1.20 bits per heavy atom. The van der Waals surface area contributed by atoms with Gasteiger partial charge in [0.25, 0.3) is 0 Å². The molecule has 0 spiro atoms. The van der Waals surface area contributed by atoms with E-state index < -0.39 is 0 Å². The number of Topliss-reactive ketones (excluding diaryl/α,β-unsaturated/α-hetero) is 1. The molecule has 1 aliphatic carbocycles. The second kappa shape index (κ2) is 6.09. The fourth-order valence-electron chi connectivity index (χ4n) is 2.62. The molecule has 0 unspecified atom stereocenters. The number of allylic oxidation sites excluding steroid dienone is 2. The van der Waals surface area contributed by atoms with Gasteiger partial charge in [0, 0.05) is 5.92 Å². The van der Waals surface area contributed by atoms with E-state index in [1.165, 1.54) is 19.3 Å². The Hall–Kier alpha value is -0.590. The summed E-state index contributed by atoms with van der Waals surface area (Å²) in [4.78, 5) is 12.1. The maximum absolute atomic E-state index is 12.1. The Balaban J connectivity index is 2.49. The van der Waals surface area contributed by atoms with Crippen molar-refractivity contribution in [2.45, 2.75) is 59.3 Å². The van der Waals surface area contributed by atoms with Gasteiger partial charge in [-0.05, 0) is 50.5 Å². The summed E-state index contributed by atoms with van der Waals surface area (Å²) in [6.07, 6.45) is 8.92. The van der Waals surface area contributed by atoms with Crippen LogP contribution in [-0.2, 0) is 4.79 Å². The number of hydrogen-bond acceptors (Lipinski definition) is 1. The van der Waals surface area contributed by atoms with E-state index in [-0.39, 0.29) is 0 Å². The fraction of sp³-hybridized carbons (Fsp3) is 0.786. The molecule has 1 nitrogen and oxygen atoms in total. The van der Waals surface area contributed by atoms with Crippen molar-refractivity contribution in [3.05, 3.63) is 11.6 Å². The van der Waals surface area contributed by atoms with Gasteiger partial charge in [-0.2, -0.15) is 0 Å². The Morgan fingerprint density at radius 3 is 2.20 bits per heavy atom. The summed E-state index contributed by atoms with van der Waals surface area (Å²) in [6, 6.07) is 0. The van der Waals surface area contributed by atoms with Crippen LogP contribution in [-0.4, -0.2) is 5.78 Å². The molecule has 1 saturated carbocycles. The van der Waals surface area contributed by atoms with Crippen LogP contribution < -0.4 is 0 Å². The summed E-state index contributed by atoms with van der Waals surface area (Å²) in [6.45, 7) is 6.32. The van der Waals surface area contributed by atoms with E-state index in [1.807, 2.05) is 13.0 Å². The van der Waals surface area contributed by atoms with Crippen molar-refractivity contribution < 1.29 is 4.79 Å².